The van der Waals surface area contributed by atoms with Gasteiger partial charge in [-0.05, 0) is 74.0 Å². The van der Waals surface area contributed by atoms with Crippen molar-refractivity contribution in [3.63, 3.8) is 0 Å². The average molecular weight is 461 g/mol. The first-order chi connectivity index (χ1) is 16.6. The maximum Gasteiger partial charge on any atom is 0.252 e. The first-order valence-electron chi connectivity index (χ1n) is 12.2. The second-order valence-electron chi connectivity index (χ2n) is 9.07. The SMILES string of the molecule is C/C=C(\C(C(N)=O)=C1\NCC[C@@H](C2CCNCC2)N1C)c1ccc(OCc2ccccc2)cc1. The molecule has 1 atom stereocenters. The van der Waals surface area contributed by atoms with Gasteiger partial charge in [-0.25, -0.2) is 0 Å². The van der Waals surface area contributed by atoms with Crippen LogP contribution in [0.1, 0.15) is 37.3 Å². The molecular formula is C28H36N4O2. The minimum absolute atomic E-state index is 0.402. The highest BCUT2D eigenvalue weighted by molar-refractivity contribution is 6.08. The van der Waals surface area contributed by atoms with Gasteiger partial charge in [-0.1, -0.05) is 48.5 Å². The summed E-state index contributed by atoms with van der Waals surface area (Å²) in [5.74, 6) is 1.82. The predicted molar refractivity (Wildman–Crippen MR) is 137 cm³/mol. The Bertz CT molecular complexity index is 1020. The van der Waals surface area contributed by atoms with Gasteiger partial charge in [0.05, 0.1) is 5.57 Å². The van der Waals surface area contributed by atoms with Crippen molar-refractivity contribution in [3.8, 4) is 5.75 Å². The number of allylic oxidation sites excluding steroid dienone is 1. The van der Waals surface area contributed by atoms with E-state index in [1.54, 1.807) is 0 Å². The highest BCUT2D eigenvalue weighted by atomic mass is 16.5. The zero-order valence-corrected chi connectivity index (χ0v) is 20.2. The Kier molecular flexibility index (Phi) is 7.91. The molecule has 2 fully saturated rings. The minimum atomic E-state index is -0.419. The van der Waals surface area contributed by atoms with Crippen LogP contribution in [-0.2, 0) is 11.4 Å². The van der Waals surface area contributed by atoms with E-state index in [-0.39, 0.29) is 0 Å². The zero-order valence-electron chi connectivity index (χ0n) is 20.2. The fourth-order valence-electron chi connectivity index (χ4n) is 5.17. The monoisotopic (exact) mass is 460 g/mol. The lowest BCUT2D eigenvalue weighted by molar-refractivity contribution is -0.114. The number of nitrogens with one attached hydrogen (secondary N) is 2. The molecule has 2 aliphatic rings. The number of benzene rings is 2. The van der Waals surface area contributed by atoms with Crippen LogP contribution < -0.4 is 21.1 Å². The first kappa shape index (κ1) is 23.9. The number of hydrogen-bond acceptors (Lipinski definition) is 5. The molecule has 4 N–H and O–H groups in total. The number of nitrogens with zero attached hydrogens (tertiary/aromatic N) is 1. The van der Waals surface area contributed by atoms with Gasteiger partial charge in [0.1, 0.15) is 18.2 Å². The number of nitrogens with two attached hydrogens (primary N) is 1. The summed E-state index contributed by atoms with van der Waals surface area (Å²) in [6.45, 7) is 5.42. The molecule has 2 aromatic rings. The van der Waals surface area contributed by atoms with E-state index >= 15 is 0 Å². The molecular weight excluding hydrogens is 424 g/mol. The molecule has 0 unspecified atom stereocenters. The minimum Gasteiger partial charge on any atom is -0.489 e. The van der Waals surface area contributed by atoms with Gasteiger partial charge in [-0.15, -0.1) is 0 Å². The third kappa shape index (κ3) is 5.45. The molecule has 0 aliphatic carbocycles. The van der Waals surface area contributed by atoms with Crippen LogP contribution in [0.2, 0.25) is 0 Å². The molecule has 0 spiro atoms. The molecule has 180 valence electrons. The average Bonchev–Trinajstić information content (AvgIpc) is 2.88. The van der Waals surface area contributed by atoms with Gasteiger partial charge in [0.15, 0.2) is 0 Å². The molecule has 6 heteroatoms. The van der Waals surface area contributed by atoms with Crippen molar-refractivity contribution in [2.75, 3.05) is 26.7 Å². The standard InChI is InChI=1S/C28H36N4O2/c1-3-24(21-9-11-23(12-10-21)34-19-20-7-5-4-6-8-20)26(27(29)33)28-31-18-15-25(32(28)2)22-13-16-30-17-14-22/h3-12,22,25,30-31H,13-19H2,1-2H3,(H2,29,33)/b24-3-,28-26+/t25-/m0/s1. The molecule has 2 aromatic carbocycles. The van der Waals surface area contributed by atoms with Gasteiger partial charge in [0.25, 0.3) is 5.91 Å². The Balaban J connectivity index is 1.56. The number of primary amides is 1. The van der Waals surface area contributed by atoms with Crippen LogP contribution in [-0.4, -0.2) is 43.5 Å². The zero-order chi connectivity index (χ0) is 23.9. The van der Waals surface area contributed by atoms with E-state index in [9.17, 15) is 4.79 Å². The molecule has 1 amide bonds. The molecule has 0 radical (unpaired) electrons. The van der Waals surface area contributed by atoms with Crippen molar-refractivity contribution in [2.45, 2.75) is 38.8 Å². The Morgan fingerprint density at radius 3 is 2.41 bits per heavy atom. The lowest BCUT2D eigenvalue weighted by Gasteiger charge is -2.43. The van der Waals surface area contributed by atoms with Crippen LogP contribution in [0.25, 0.3) is 5.57 Å². The van der Waals surface area contributed by atoms with Crippen molar-refractivity contribution in [3.05, 3.63) is 83.2 Å². The summed E-state index contributed by atoms with van der Waals surface area (Å²) in [5.41, 5.74) is 9.41. The van der Waals surface area contributed by atoms with Crippen molar-refractivity contribution in [1.29, 1.82) is 0 Å². The van der Waals surface area contributed by atoms with E-state index in [0.29, 0.717) is 24.1 Å². The van der Waals surface area contributed by atoms with Crippen LogP contribution in [0.4, 0.5) is 0 Å². The van der Waals surface area contributed by atoms with E-state index < -0.39 is 5.91 Å². The summed E-state index contributed by atoms with van der Waals surface area (Å²) in [6, 6.07) is 18.4. The fourth-order valence-corrected chi connectivity index (χ4v) is 5.17. The summed E-state index contributed by atoms with van der Waals surface area (Å²) in [6.07, 6.45) is 5.36. The van der Waals surface area contributed by atoms with Crippen molar-refractivity contribution < 1.29 is 9.53 Å². The summed E-state index contributed by atoms with van der Waals surface area (Å²) in [5, 5.41) is 6.93. The number of carbonyl (C=O) groups is 1. The van der Waals surface area contributed by atoms with Gasteiger partial charge in [-0.2, -0.15) is 0 Å². The Morgan fingerprint density at radius 1 is 1.06 bits per heavy atom. The normalized spacial score (nSPS) is 21.1. The molecule has 6 nitrogen and oxygen atoms in total. The third-order valence-corrected chi connectivity index (χ3v) is 6.97. The topological polar surface area (TPSA) is 79.6 Å². The van der Waals surface area contributed by atoms with E-state index in [1.807, 2.05) is 67.6 Å². The van der Waals surface area contributed by atoms with E-state index in [1.165, 1.54) is 0 Å². The Labute approximate surface area is 202 Å². The smallest absolute Gasteiger partial charge is 0.252 e. The highest BCUT2D eigenvalue weighted by Gasteiger charge is 2.33. The maximum absolute atomic E-state index is 12.7. The second-order valence-corrected chi connectivity index (χ2v) is 9.07. The number of carbonyl (C=O) groups excluding carboxylic acids is 1. The van der Waals surface area contributed by atoms with Crippen LogP contribution in [0.15, 0.2) is 72.1 Å². The summed E-state index contributed by atoms with van der Waals surface area (Å²) in [4.78, 5) is 15.0. The lowest BCUT2D eigenvalue weighted by atomic mass is 9.86. The quantitative estimate of drug-likeness (QED) is 0.550. The van der Waals surface area contributed by atoms with E-state index in [2.05, 4.69) is 22.6 Å². The van der Waals surface area contributed by atoms with Gasteiger partial charge < -0.3 is 26.0 Å². The largest absolute Gasteiger partial charge is 0.489 e. The van der Waals surface area contributed by atoms with Gasteiger partial charge >= 0.3 is 0 Å². The molecule has 0 saturated carbocycles. The number of ether oxygens (including phenoxy) is 1. The second kappa shape index (κ2) is 11.3. The van der Waals surface area contributed by atoms with Gasteiger partial charge in [0.2, 0.25) is 0 Å². The van der Waals surface area contributed by atoms with Crippen LogP contribution in [0, 0.1) is 5.92 Å². The lowest BCUT2D eigenvalue weighted by Crippen LogP contribution is -2.51. The van der Waals surface area contributed by atoms with Crippen LogP contribution in [0.3, 0.4) is 0 Å². The molecule has 0 bridgehead atoms. The van der Waals surface area contributed by atoms with E-state index in [0.717, 1.165) is 67.2 Å². The molecule has 4 rings (SSSR count). The third-order valence-electron chi connectivity index (χ3n) is 6.97. The molecule has 2 aliphatic heterocycles. The molecule has 0 aromatic heterocycles. The first-order valence-corrected chi connectivity index (χ1v) is 12.2. The van der Waals surface area contributed by atoms with E-state index in [4.69, 9.17) is 10.5 Å². The molecule has 34 heavy (non-hydrogen) atoms. The van der Waals surface area contributed by atoms with Crippen LogP contribution in [0.5, 0.6) is 5.75 Å². The van der Waals surface area contributed by atoms with Crippen molar-refractivity contribution in [1.82, 2.24) is 15.5 Å². The highest BCUT2D eigenvalue weighted by Crippen LogP contribution is 2.32. The number of hydrogen-bond donors (Lipinski definition) is 3. The number of piperidine rings is 1. The molecule has 2 saturated heterocycles. The summed E-state index contributed by atoms with van der Waals surface area (Å²) >= 11 is 0. The number of amides is 1. The fraction of sp³-hybridized carbons (Fsp3) is 0.393. The number of rotatable bonds is 7. The van der Waals surface area contributed by atoms with Gasteiger partial charge in [0, 0.05) is 19.6 Å². The maximum atomic E-state index is 12.7. The summed E-state index contributed by atoms with van der Waals surface area (Å²) < 4.78 is 5.93. The van der Waals surface area contributed by atoms with Crippen molar-refractivity contribution in [2.24, 2.45) is 11.7 Å². The van der Waals surface area contributed by atoms with Gasteiger partial charge in [-0.3, -0.25) is 4.79 Å². The Morgan fingerprint density at radius 2 is 1.76 bits per heavy atom. The predicted octanol–water partition coefficient (Wildman–Crippen LogP) is 3.66. The molecule has 2 heterocycles. The summed E-state index contributed by atoms with van der Waals surface area (Å²) in [7, 11) is 2.09. The Hall–Kier alpha value is -3.25. The van der Waals surface area contributed by atoms with Crippen molar-refractivity contribution >= 4 is 11.5 Å². The van der Waals surface area contributed by atoms with Crippen LogP contribution >= 0.6 is 0 Å².